The molecule has 0 spiro atoms. The average molecular weight is 445 g/mol. The highest BCUT2D eigenvalue weighted by Crippen LogP contribution is 2.32. The zero-order valence-corrected chi connectivity index (χ0v) is 17.1. The Morgan fingerprint density at radius 3 is 2.44 bits per heavy atom. The van der Waals surface area contributed by atoms with E-state index in [-0.39, 0.29) is 24.3 Å². The molecule has 2 N–H and O–H groups in total. The van der Waals surface area contributed by atoms with Crippen LogP contribution in [0.15, 0.2) is 48.8 Å². The van der Waals surface area contributed by atoms with Crippen molar-refractivity contribution in [2.45, 2.75) is 44.4 Å². The van der Waals surface area contributed by atoms with Gasteiger partial charge in [0.15, 0.2) is 0 Å². The molecule has 1 aliphatic carbocycles. The number of carboxylic acids is 1. The van der Waals surface area contributed by atoms with Gasteiger partial charge in [0.2, 0.25) is 0 Å². The normalized spacial score (nSPS) is 19.0. The van der Waals surface area contributed by atoms with Gasteiger partial charge in [0.05, 0.1) is 18.0 Å². The van der Waals surface area contributed by atoms with Crippen LogP contribution in [0.5, 0.6) is 5.75 Å². The molecule has 0 saturated heterocycles. The summed E-state index contributed by atoms with van der Waals surface area (Å²) in [7, 11) is 0. The van der Waals surface area contributed by atoms with Gasteiger partial charge in [0.1, 0.15) is 17.3 Å². The van der Waals surface area contributed by atoms with Gasteiger partial charge in [-0.2, -0.15) is 13.2 Å². The van der Waals surface area contributed by atoms with E-state index < -0.39 is 17.8 Å². The molecular formula is C23H22F3N3O3. The van der Waals surface area contributed by atoms with E-state index in [1.165, 1.54) is 6.20 Å². The van der Waals surface area contributed by atoms with Gasteiger partial charge in [-0.1, -0.05) is 0 Å². The van der Waals surface area contributed by atoms with Gasteiger partial charge in [-0.25, -0.2) is 4.98 Å². The van der Waals surface area contributed by atoms with E-state index in [1.54, 1.807) is 12.1 Å². The molecule has 2 aromatic heterocycles. The highest BCUT2D eigenvalue weighted by Gasteiger charge is 2.33. The quantitative estimate of drug-likeness (QED) is 0.518. The van der Waals surface area contributed by atoms with Crippen LogP contribution in [0.2, 0.25) is 0 Å². The Labute approximate surface area is 182 Å². The summed E-state index contributed by atoms with van der Waals surface area (Å²) >= 11 is 0. The predicted molar refractivity (Wildman–Crippen MR) is 111 cm³/mol. The minimum atomic E-state index is -4.47. The second kappa shape index (κ2) is 9.02. The van der Waals surface area contributed by atoms with E-state index in [4.69, 9.17) is 9.84 Å². The lowest BCUT2D eigenvalue weighted by atomic mass is 9.85. The van der Waals surface area contributed by atoms with Crippen LogP contribution in [0.3, 0.4) is 0 Å². The smallest absolute Gasteiger partial charge is 0.432 e. The summed E-state index contributed by atoms with van der Waals surface area (Å²) in [6.07, 6.45) is 1.46. The number of nitrogens with one attached hydrogen (secondary N) is 1. The molecule has 6 nitrogen and oxygen atoms in total. The molecule has 168 valence electrons. The van der Waals surface area contributed by atoms with Crippen molar-refractivity contribution in [1.82, 2.24) is 15.0 Å². The summed E-state index contributed by atoms with van der Waals surface area (Å²) in [5.41, 5.74) is 1.06. The van der Waals surface area contributed by atoms with E-state index in [1.807, 2.05) is 24.3 Å². The number of H-pyrrole nitrogens is 1. The third kappa shape index (κ3) is 5.27. The third-order valence-corrected chi connectivity index (χ3v) is 5.57. The molecule has 1 aromatic carbocycles. The lowest BCUT2D eigenvalue weighted by molar-refractivity contribution is -0.141. The summed E-state index contributed by atoms with van der Waals surface area (Å²) in [5, 5.41) is 9.00. The second-order valence-electron chi connectivity index (χ2n) is 7.97. The number of hydrogen-bond donors (Lipinski definition) is 2. The fraction of sp³-hybridized carbons (Fsp3) is 0.348. The summed E-state index contributed by atoms with van der Waals surface area (Å²) < 4.78 is 44.2. The van der Waals surface area contributed by atoms with Crippen molar-refractivity contribution in [3.05, 3.63) is 54.5 Å². The topological polar surface area (TPSA) is 88.1 Å². The first kappa shape index (κ1) is 21.9. The first-order valence-electron chi connectivity index (χ1n) is 10.4. The maximum Gasteiger partial charge on any atom is 0.432 e. The second-order valence-corrected chi connectivity index (χ2v) is 7.97. The number of halogens is 3. The molecule has 0 aliphatic heterocycles. The van der Waals surface area contributed by atoms with Crippen LogP contribution in [-0.4, -0.2) is 32.1 Å². The number of hydrogen-bond acceptors (Lipinski definition) is 4. The van der Waals surface area contributed by atoms with Gasteiger partial charge >= 0.3 is 12.1 Å². The van der Waals surface area contributed by atoms with Crippen LogP contribution in [0.25, 0.3) is 22.6 Å². The highest BCUT2D eigenvalue weighted by atomic mass is 19.4. The maximum absolute atomic E-state index is 12.7. The Hall–Kier alpha value is -3.36. The molecule has 2 atom stereocenters. The van der Waals surface area contributed by atoms with Crippen molar-refractivity contribution < 1.29 is 27.8 Å². The average Bonchev–Trinajstić information content (AvgIpc) is 3.25. The van der Waals surface area contributed by atoms with Crippen molar-refractivity contribution in [3.8, 4) is 28.4 Å². The number of rotatable bonds is 6. The van der Waals surface area contributed by atoms with Crippen LogP contribution in [-0.2, 0) is 11.0 Å². The van der Waals surface area contributed by atoms with E-state index >= 15 is 0 Å². The molecule has 2 heterocycles. The lowest BCUT2D eigenvalue weighted by Crippen LogP contribution is -2.26. The van der Waals surface area contributed by atoms with Crippen LogP contribution in [0, 0.1) is 5.92 Å². The molecule has 1 aliphatic rings. The van der Waals surface area contributed by atoms with Crippen LogP contribution in [0.1, 0.15) is 37.8 Å². The Bertz CT molecular complexity index is 1060. The number of aromatic amines is 1. The van der Waals surface area contributed by atoms with Crippen LogP contribution >= 0.6 is 0 Å². The molecule has 9 heteroatoms. The van der Waals surface area contributed by atoms with Gasteiger partial charge in [-0.15, -0.1) is 0 Å². The molecule has 32 heavy (non-hydrogen) atoms. The Balaban J connectivity index is 1.40. The number of carboxylic acid groups (broad SMARTS) is 1. The van der Waals surface area contributed by atoms with Gasteiger partial charge in [-0.05, 0) is 68.0 Å². The van der Waals surface area contributed by atoms with Crippen LogP contribution in [0.4, 0.5) is 13.2 Å². The molecule has 1 fully saturated rings. The number of nitrogens with zero attached hydrogens (tertiary/aromatic N) is 2. The molecule has 0 amide bonds. The number of aliphatic carboxylic acids is 1. The van der Waals surface area contributed by atoms with Gasteiger partial charge < -0.3 is 14.8 Å². The van der Waals surface area contributed by atoms with Crippen molar-refractivity contribution >= 4 is 5.97 Å². The van der Waals surface area contributed by atoms with E-state index in [9.17, 15) is 18.0 Å². The molecule has 3 aromatic rings. The third-order valence-electron chi connectivity index (χ3n) is 5.57. The number of alkyl halides is 3. The van der Waals surface area contributed by atoms with Gasteiger partial charge in [0, 0.05) is 23.7 Å². The lowest BCUT2D eigenvalue weighted by Gasteiger charge is -2.28. The van der Waals surface area contributed by atoms with Crippen molar-refractivity contribution in [1.29, 1.82) is 0 Å². The minimum Gasteiger partial charge on any atom is -0.490 e. The number of benzene rings is 1. The largest absolute Gasteiger partial charge is 0.490 e. The van der Waals surface area contributed by atoms with Crippen LogP contribution < -0.4 is 4.74 Å². The monoisotopic (exact) mass is 445 g/mol. The Morgan fingerprint density at radius 2 is 1.81 bits per heavy atom. The number of carbonyl (C=O) groups is 1. The molecule has 0 bridgehead atoms. The zero-order chi connectivity index (χ0) is 22.7. The number of aromatic nitrogens is 3. The minimum absolute atomic E-state index is 0.00578. The fourth-order valence-corrected chi connectivity index (χ4v) is 3.99. The van der Waals surface area contributed by atoms with E-state index in [0.29, 0.717) is 17.0 Å². The standard InChI is InChI=1S/C23H22F3N3O3/c24-23(25,26)20-13-28-22(29-20)16-6-9-19(27-12-16)15-4-7-17(8-5-15)32-18-3-1-2-14(10-18)11-21(30)31/h4-9,12-14,18H,1-3,10-11H2,(H,28,29)(H,30,31)/t14?,18-/m1/s1. The summed E-state index contributed by atoms with van der Waals surface area (Å²) in [4.78, 5) is 21.3. The summed E-state index contributed by atoms with van der Waals surface area (Å²) in [6, 6.07) is 10.8. The van der Waals surface area contributed by atoms with Crippen molar-refractivity contribution in [3.63, 3.8) is 0 Å². The molecule has 4 rings (SSSR count). The highest BCUT2D eigenvalue weighted by molar-refractivity contribution is 5.67. The van der Waals surface area contributed by atoms with E-state index in [0.717, 1.165) is 37.4 Å². The van der Waals surface area contributed by atoms with Gasteiger partial charge in [-0.3, -0.25) is 9.78 Å². The Kier molecular flexibility index (Phi) is 6.16. The summed E-state index contributed by atoms with van der Waals surface area (Å²) in [5.74, 6) is 0.191. The van der Waals surface area contributed by atoms with Gasteiger partial charge in [0.25, 0.3) is 0 Å². The maximum atomic E-state index is 12.7. The van der Waals surface area contributed by atoms with E-state index in [2.05, 4.69) is 15.0 Å². The molecular weight excluding hydrogens is 423 g/mol. The SMILES string of the molecule is O=C(O)CC1CCC[C@@H](Oc2ccc(-c3ccc(-c4ncc(C(F)(F)F)[nH]4)cn3)cc2)C1. The number of ether oxygens (including phenoxy) is 1. The zero-order valence-electron chi connectivity index (χ0n) is 17.1. The Morgan fingerprint density at radius 1 is 1.06 bits per heavy atom. The number of pyridine rings is 1. The van der Waals surface area contributed by atoms with Crippen molar-refractivity contribution in [2.24, 2.45) is 5.92 Å². The molecule has 1 saturated carbocycles. The predicted octanol–water partition coefficient (Wildman–Crippen LogP) is 5.57. The summed E-state index contributed by atoms with van der Waals surface area (Å²) in [6.45, 7) is 0. The number of imidazole rings is 1. The first-order valence-corrected chi connectivity index (χ1v) is 10.4. The molecule has 1 unspecified atom stereocenters. The van der Waals surface area contributed by atoms with Crippen molar-refractivity contribution in [2.75, 3.05) is 0 Å². The first-order chi connectivity index (χ1) is 15.3. The molecule has 0 radical (unpaired) electrons. The fourth-order valence-electron chi connectivity index (χ4n) is 3.99.